The smallest absolute Gasteiger partial charge is 0.0888 e. The highest BCUT2D eigenvalue weighted by Crippen LogP contribution is 2.77. The van der Waals surface area contributed by atoms with Crippen LogP contribution in [0.1, 0.15) is 111 Å². The standard InChI is InChI=1S/C32H46N2O/c1-19(2)23-20-10-11-30(6)22(31(20,7)26-25(23)33-16-17-34-26)9-8-21-24-27-28(3,4)12-14-32(24,18-35-27)15-13-29(21,30)5/h16-17,19,21-22,24,27H,8-15,18H2,1-7H3/t21-,22+,24+,27-,29-,30-,31+,32-/m1/s1. The Morgan fingerprint density at radius 2 is 1.63 bits per heavy atom. The number of nitrogens with zero attached hydrogens (tertiary/aromatic N) is 2. The minimum absolute atomic E-state index is 0.0423. The maximum atomic E-state index is 6.74. The number of fused-ring (bicyclic) bond motifs is 7. The van der Waals surface area contributed by atoms with Gasteiger partial charge in [0.05, 0.1) is 24.1 Å². The maximum absolute atomic E-state index is 6.74. The summed E-state index contributed by atoms with van der Waals surface area (Å²) in [5.41, 5.74) is 7.26. The van der Waals surface area contributed by atoms with Crippen LogP contribution in [-0.4, -0.2) is 22.7 Å². The summed E-state index contributed by atoms with van der Waals surface area (Å²) in [4.78, 5) is 10.0. The second-order valence-corrected chi connectivity index (χ2v) is 15.2. The molecule has 1 aromatic rings. The van der Waals surface area contributed by atoms with Gasteiger partial charge in [0, 0.05) is 17.8 Å². The van der Waals surface area contributed by atoms with Crippen molar-refractivity contribution in [3.8, 4) is 0 Å². The van der Waals surface area contributed by atoms with Crippen LogP contribution in [-0.2, 0) is 10.2 Å². The molecule has 3 heteroatoms. The maximum Gasteiger partial charge on any atom is 0.0888 e. The summed E-state index contributed by atoms with van der Waals surface area (Å²) in [6.07, 6.45) is 15.1. The van der Waals surface area contributed by atoms with E-state index in [0.717, 1.165) is 18.4 Å². The molecule has 5 aliphatic carbocycles. The second-order valence-electron chi connectivity index (χ2n) is 15.2. The SMILES string of the molecule is CC(C)C1=C2CC[C@]3(C)[C@H](CC[C@@H]4[C@H]5[C@H]6OC[C@@]5(CCC6(C)C)CC[C@]43C)[C@@]2(C)c2nccnc21. The molecular formula is C32H46N2O. The average molecular weight is 475 g/mol. The summed E-state index contributed by atoms with van der Waals surface area (Å²) in [5, 5.41) is 0. The van der Waals surface area contributed by atoms with Crippen molar-refractivity contribution in [2.75, 3.05) is 6.61 Å². The van der Waals surface area contributed by atoms with Crippen LogP contribution in [0, 0.1) is 45.3 Å². The van der Waals surface area contributed by atoms with Gasteiger partial charge in [-0.15, -0.1) is 0 Å². The lowest BCUT2D eigenvalue weighted by molar-refractivity contribution is -0.198. The van der Waals surface area contributed by atoms with Crippen molar-refractivity contribution in [3.05, 3.63) is 29.4 Å². The molecule has 2 bridgehead atoms. The first-order chi connectivity index (χ1) is 16.5. The van der Waals surface area contributed by atoms with Gasteiger partial charge in [-0.3, -0.25) is 9.97 Å². The van der Waals surface area contributed by atoms with Crippen molar-refractivity contribution in [1.29, 1.82) is 0 Å². The van der Waals surface area contributed by atoms with Crippen molar-refractivity contribution < 1.29 is 4.74 Å². The normalized spacial score (nSPS) is 49.3. The summed E-state index contributed by atoms with van der Waals surface area (Å²) < 4.78 is 6.74. The third kappa shape index (κ3) is 2.49. The van der Waals surface area contributed by atoms with Crippen LogP contribution >= 0.6 is 0 Å². The lowest BCUT2D eigenvalue weighted by Gasteiger charge is -2.70. The van der Waals surface area contributed by atoms with E-state index < -0.39 is 0 Å². The third-order valence-corrected chi connectivity index (χ3v) is 13.4. The molecule has 1 aliphatic heterocycles. The molecule has 6 aliphatic rings. The Bertz CT molecular complexity index is 1120. The summed E-state index contributed by atoms with van der Waals surface area (Å²) >= 11 is 0. The molecular weight excluding hydrogens is 428 g/mol. The van der Waals surface area contributed by atoms with E-state index in [1.165, 1.54) is 68.3 Å². The number of ether oxygens (including phenoxy) is 1. The highest BCUT2D eigenvalue weighted by molar-refractivity contribution is 5.78. The van der Waals surface area contributed by atoms with Gasteiger partial charge in [-0.1, -0.05) is 47.1 Å². The Labute approximate surface area is 212 Å². The second kappa shape index (κ2) is 6.80. The fourth-order valence-corrected chi connectivity index (χ4v) is 11.4. The average Bonchev–Trinajstić information content (AvgIpc) is 3.29. The molecule has 1 saturated heterocycles. The van der Waals surface area contributed by atoms with E-state index in [4.69, 9.17) is 14.7 Å². The molecule has 7 rings (SSSR count). The number of hydrogen-bond acceptors (Lipinski definition) is 3. The van der Waals surface area contributed by atoms with Gasteiger partial charge >= 0.3 is 0 Å². The van der Waals surface area contributed by atoms with Crippen molar-refractivity contribution in [3.63, 3.8) is 0 Å². The van der Waals surface area contributed by atoms with E-state index in [-0.39, 0.29) is 5.41 Å². The van der Waals surface area contributed by atoms with E-state index in [1.807, 2.05) is 12.4 Å². The topological polar surface area (TPSA) is 35.0 Å². The van der Waals surface area contributed by atoms with Crippen LogP contribution in [0.3, 0.4) is 0 Å². The molecule has 0 spiro atoms. The zero-order valence-corrected chi connectivity index (χ0v) is 23.2. The van der Waals surface area contributed by atoms with E-state index >= 15 is 0 Å². The van der Waals surface area contributed by atoms with E-state index in [0.29, 0.717) is 39.6 Å². The Morgan fingerprint density at radius 3 is 2.40 bits per heavy atom. The van der Waals surface area contributed by atoms with Crippen molar-refractivity contribution in [2.45, 2.75) is 111 Å². The highest BCUT2D eigenvalue weighted by Gasteiger charge is 2.72. The highest BCUT2D eigenvalue weighted by atomic mass is 16.5. The van der Waals surface area contributed by atoms with Crippen molar-refractivity contribution in [2.24, 2.45) is 45.3 Å². The van der Waals surface area contributed by atoms with Gasteiger partial charge in [-0.05, 0) is 109 Å². The van der Waals surface area contributed by atoms with Gasteiger partial charge in [0.25, 0.3) is 0 Å². The number of allylic oxidation sites excluding steroid dienone is 2. The Hall–Kier alpha value is -1.22. The molecule has 4 saturated carbocycles. The zero-order chi connectivity index (χ0) is 24.6. The summed E-state index contributed by atoms with van der Waals surface area (Å²) in [7, 11) is 0. The lowest BCUT2D eigenvalue weighted by atomic mass is 9.34. The van der Waals surface area contributed by atoms with Gasteiger partial charge in [-0.2, -0.15) is 0 Å². The summed E-state index contributed by atoms with van der Waals surface area (Å²) in [6.45, 7) is 18.7. The predicted molar refractivity (Wildman–Crippen MR) is 141 cm³/mol. The molecule has 2 heterocycles. The first-order valence-electron chi connectivity index (χ1n) is 14.7. The fraction of sp³-hybridized carbons (Fsp3) is 0.812. The van der Waals surface area contributed by atoms with E-state index in [2.05, 4.69) is 48.5 Å². The van der Waals surface area contributed by atoms with E-state index in [1.54, 1.807) is 5.57 Å². The molecule has 35 heavy (non-hydrogen) atoms. The Morgan fingerprint density at radius 1 is 0.886 bits per heavy atom. The molecule has 8 atom stereocenters. The van der Waals surface area contributed by atoms with Crippen LogP contribution in [0.2, 0.25) is 0 Å². The molecule has 0 radical (unpaired) electrons. The zero-order valence-electron chi connectivity index (χ0n) is 23.2. The molecule has 0 aromatic carbocycles. The quantitative estimate of drug-likeness (QED) is 0.420. The summed E-state index contributed by atoms with van der Waals surface area (Å²) in [6, 6.07) is 0. The first kappa shape index (κ1) is 22.9. The molecule has 3 nitrogen and oxygen atoms in total. The first-order valence-corrected chi connectivity index (χ1v) is 14.7. The summed E-state index contributed by atoms with van der Waals surface area (Å²) in [5.74, 6) is 2.71. The largest absolute Gasteiger partial charge is 0.377 e. The molecule has 1 aromatic heterocycles. The van der Waals surface area contributed by atoms with E-state index in [9.17, 15) is 0 Å². The van der Waals surface area contributed by atoms with Gasteiger partial charge in [0.1, 0.15) is 0 Å². The van der Waals surface area contributed by atoms with Gasteiger partial charge in [-0.25, -0.2) is 0 Å². The lowest BCUT2D eigenvalue weighted by Crippen LogP contribution is -2.65. The third-order valence-electron chi connectivity index (χ3n) is 13.4. The molecule has 0 N–H and O–H groups in total. The van der Waals surface area contributed by atoms with Gasteiger partial charge in [0.2, 0.25) is 0 Å². The fourth-order valence-electron chi connectivity index (χ4n) is 11.4. The molecule has 0 unspecified atom stereocenters. The molecule has 190 valence electrons. The number of hydrogen-bond donors (Lipinski definition) is 0. The van der Waals surface area contributed by atoms with Crippen LogP contribution in [0.15, 0.2) is 18.0 Å². The van der Waals surface area contributed by atoms with Gasteiger partial charge < -0.3 is 4.74 Å². The molecule has 0 amide bonds. The van der Waals surface area contributed by atoms with Crippen LogP contribution < -0.4 is 0 Å². The monoisotopic (exact) mass is 474 g/mol. The minimum atomic E-state index is 0.0423. The van der Waals surface area contributed by atoms with Crippen LogP contribution in [0.5, 0.6) is 0 Å². The minimum Gasteiger partial charge on any atom is -0.377 e. The van der Waals surface area contributed by atoms with Gasteiger partial charge in [0.15, 0.2) is 0 Å². The van der Waals surface area contributed by atoms with Crippen molar-refractivity contribution >= 4 is 5.57 Å². The number of aromatic nitrogens is 2. The van der Waals surface area contributed by atoms with Crippen LogP contribution in [0.4, 0.5) is 0 Å². The van der Waals surface area contributed by atoms with Crippen LogP contribution in [0.25, 0.3) is 5.57 Å². The Kier molecular flexibility index (Phi) is 4.46. The Balaban J connectivity index is 1.35. The predicted octanol–water partition coefficient (Wildman–Crippen LogP) is 7.61. The van der Waals surface area contributed by atoms with Crippen molar-refractivity contribution in [1.82, 2.24) is 9.97 Å². The number of rotatable bonds is 1. The molecule has 5 fully saturated rings.